The lowest BCUT2D eigenvalue weighted by Crippen LogP contribution is -2.18. The Kier molecular flexibility index (Phi) is 4.29. The molecule has 104 valence electrons. The fourth-order valence-electron chi connectivity index (χ4n) is 1.92. The van der Waals surface area contributed by atoms with Crippen molar-refractivity contribution in [2.45, 2.75) is 6.54 Å². The van der Waals surface area contributed by atoms with E-state index in [0.29, 0.717) is 17.8 Å². The Morgan fingerprint density at radius 2 is 1.80 bits per heavy atom. The Labute approximate surface area is 121 Å². The van der Waals surface area contributed by atoms with Crippen LogP contribution in [0.25, 0.3) is 0 Å². The molecule has 0 bridgehead atoms. The zero-order valence-corrected chi connectivity index (χ0v) is 11.8. The molecule has 0 aliphatic rings. The highest BCUT2D eigenvalue weighted by Gasteiger charge is 2.10. The number of nitrogens with two attached hydrogens (primary N) is 1. The van der Waals surface area contributed by atoms with Crippen LogP contribution in [-0.2, 0) is 6.54 Å². The van der Waals surface area contributed by atoms with E-state index >= 15 is 0 Å². The minimum absolute atomic E-state index is 0.164. The Morgan fingerprint density at radius 3 is 2.35 bits per heavy atom. The zero-order valence-electron chi connectivity index (χ0n) is 10.9. The third kappa shape index (κ3) is 3.30. The van der Waals surface area contributed by atoms with Gasteiger partial charge in [-0.1, -0.05) is 24.4 Å². The van der Waals surface area contributed by atoms with Crippen LogP contribution in [0.15, 0.2) is 42.5 Å². The van der Waals surface area contributed by atoms with Crippen LogP contribution >= 0.6 is 12.2 Å². The van der Waals surface area contributed by atoms with E-state index in [0.717, 1.165) is 5.56 Å². The molecule has 2 rings (SSSR count). The van der Waals surface area contributed by atoms with Crippen LogP contribution in [0.3, 0.4) is 0 Å². The number of hydrogen-bond acceptors (Lipinski definition) is 2. The molecule has 0 fully saturated rings. The highest BCUT2D eigenvalue weighted by atomic mass is 32.1. The molecule has 2 aromatic rings. The SMILES string of the molecule is CN(Cc1ccc(F)cc1)c1ccc(C(N)=S)cc1F. The van der Waals surface area contributed by atoms with Crippen LogP contribution in [-0.4, -0.2) is 12.0 Å². The number of halogens is 2. The summed E-state index contributed by atoms with van der Waals surface area (Å²) in [5.41, 5.74) is 7.29. The molecule has 0 amide bonds. The summed E-state index contributed by atoms with van der Waals surface area (Å²) in [4.78, 5) is 1.91. The number of rotatable bonds is 4. The van der Waals surface area contributed by atoms with Crippen molar-refractivity contribution < 1.29 is 8.78 Å². The predicted octanol–water partition coefficient (Wildman–Crippen LogP) is 3.24. The summed E-state index contributed by atoms with van der Waals surface area (Å²) in [5, 5.41) is 0. The molecule has 20 heavy (non-hydrogen) atoms. The van der Waals surface area contributed by atoms with Crippen LogP contribution in [0.2, 0.25) is 0 Å². The third-order valence-electron chi connectivity index (χ3n) is 2.98. The normalized spacial score (nSPS) is 10.3. The van der Waals surface area contributed by atoms with E-state index in [-0.39, 0.29) is 16.6 Å². The average Bonchev–Trinajstić information content (AvgIpc) is 2.41. The van der Waals surface area contributed by atoms with Crippen LogP contribution in [0, 0.1) is 11.6 Å². The summed E-state index contributed by atoms with van der Waals surface area (Å²) in [5.74, 6) is -0.677. The van der Waals surface area contributed by atoms with E-state index in [1.54, 1.807) is 36.2 Å². The van der Waals surface area contributed by atoms with Crippen LogP contribution in [0.4, 0.5) is 14.5 Å². The summed E-state index contributed by atoms with van der Waals surface area (Å²) in [6, 6.07) is 10.7. The minimum atomic E-state index is -0.389. The third-order valence-corrected chi connectivity index (χ3v) is 3.21. The highest BCUT2D eigenvalue weighted by Crippen LogP contribution is 2.21. The molecule has 0 unspecified atom stereocenters. The van der Waals surface area contributed by atoms with Crippen molar-refractivity contribution in [1.29, 1.82) is 0 Å². The zero-order chi connectivity index (χ0) is 14.7. The first kappa shape index (κ1) is 14.4. The molecule has 0 saturated heterocycles. The molecular formula is C15H14F2N2S. The van der Waals surface area contributed by atoms with Crippen LogP contribution < -0.4 is 10.6 Å². The molecule has 0 aliphatic heterocycles. The van der Waals surface area contributed by atoms with Gasteiger partial charge in [-0.15, -0.1) is 0 Å². The first-order valence-corrected chi connectivity index (χ1v) is 6.43. The molecule has 2 nitrogen and oxygen atoms in total. The Balaban J connectivity index is 2.18. The molecule has 2 aromatic carbocycles. The lowest BCUT2D eigenvalue weighted by atomic mass is 10.1. The van der Waals surface area contributed by atoms with Crippen molar-refractivity contribution in [2.24, 2.45) is 5.73 Å². The molecule has 0 aliphatic carbocycles. The van der Waals surface area contributed by atoms with Crippen molar-refractivity contribution in [3.63, 3.8) is 0 Å². The smallest absolute Gasteiger partial charge is 0.147 e. The van der Waals surface area contributed by atoms with Gasteiger partial charge in [0.1, 0.15) is 16.6 Å². The molecule has 5 heteroatoms. The van der Waals surface area contributed by atoms with Gasteiger partial charge in [0.15, 0.2) is 0 Å². The largest absolute Gasteiger partial charge is 0.389 e. The van der Waals surface area contributed by atoms with Crippen molar-refractivity contribution >= 4 is 22.9 Å². The van der Waals surface area contributed by atoms with Gasteiger partial charge in [0.25, 0.3) is 0 Å². The first-order valence-electron chi connectivity index (χ1n) is 6.02. The van der Waals surface area contributed by atoms with Crippen molar-refractivity contribution in [3.05, 3.63) is 65.2 Å². The topological polar surface area (TPSA) is 29.3 Å². The van der Waals surface area contributed by atoms with Gasteiger partial charge >= 0.3 is 0 Å². The fourth-order valence-corrected chi connectivity index (χ4v) is 2.05. The summed E-state index contributed by atoms with van der Waals surface area (Å²) in [7, 11) is 1.77. The summed E-state index contributed by atoms with van der Waals surface area (Å²) in [6.07, 6.45) is 0. The number of thiocarbonyl (C=S) groups is 1. The maximum absolute atomic E-state index is 14.0. The molecule has 0 aromatic heterocycles. The first-order chi connectivity index (χ1) is 9.47. The Bertz CT molecular complexity index is 626. The van der Waals surface area contributed by atoms with E-state index in [1.807, 2.05) is 0 Å². The molecule has 0 radical (unpaired) electrons. The monoisotopic (exact) mass is 292 g/mol. The van der Waals surface area contributed by atoms with Gasteiger partial charge < -0.3 is 10.6 Å². The van der Waals surface area contributed by atoms with Crippen molar-refractivity contribution in [2.75, 3.05) is 11.9 Å². The summed E-state index contributed by atoms with van der Waals surface area (Å²) < 4.78 is 26.8. The van der Waals surface area contributed by atoms with Crippen LogP contribution in [0.1, 0.15) is 11.1 Å². The maximum atomic E-state index is 14.0. The molecule has 0 saturated carbocycles. The van der Waals surface area contributed by atoms with E-state index in [9.17, 15) is 8.78 Å². The van der Waals surface area contributed by atoms with Crippen molar-refractivity contribution in [3.8, 4) is 0 Å². The number of nitrogens with zero attached hydrogens (tertiary/aromatic N) is 1. The van der Waals surface area contributed by atoms with E-state index in [1.165, 1.54) is 18.2 Å². The van der Waals surface area contributed by atoms with Crippen molar-refractivity contribution in [1.82, 2.24) is 0 Å². The van der Waals surface area contributed by atoms with E-state index in [2.05, 4.69) is 0 Å². The lowest BCUT2D eigenvalue weighted by molar-refractivity contribution is 0.620. The van der Waals surface area contributed by atoms with Crippen LogP contribution in [0.5, 0.6) is 0 Å². The standard InChI is InChI=1S/C15H14F2N2S/c1-19(9-10-2-5-12(16)6-3-10)14-7-4-11(15(18)20)8-13(14)17/h2-8H,9H2,1H3,(H2,18,20). The predicted molar refractivity (Wildman–Crippen MR) is 80.8 cm³/mol. The van der Waals surface area contributed by atoms with E-state index < -0.39 is 0 Å². The van der Waals surface area contributed by atoms with Gasteiger partial charge in [-0.3, -0.25) is 0 Å². The maximum Gasteiger partial charge on any atom is 0.147 e. The van der Waals surface area contributed by atoms with Gasteiger partial charge in [0, 0.05) is 19.2 Å². The molecule has 0 atom stereocenters. The summed E-state index contributed by atoms with van der Waals surface area (Å²) >= 11 is 4.81. The number of hydrogen-bond donors (Lipinski definition) is 1. The van der Waals surface area contributed by atoms with Gasteiger partial charge in [-0.25, -0.2) is 8.78 Å². The van der Waals surface area contributed by atoms with Gasteiger partial charge in [0.2, 0.25) is 0 Å². The van der Waals surface area contributed by atoms with Gasteiger partial charge in [-0.05, 0) is 35.9 Å². The number of benzene rings is 2. The lowest BCUT2D eigenvalue weighted by Gasteiger charge is -2.20. The second-order valence-corrected chi connectivity index (χ2v) is 4.95. The molecule has 2 N–H and O–H groups in total. The molecule has 0 heterocycles. The Hall–Kier alpha value is -2.01. The highest BCUT2D eigenvalue weighted by molar-refractivity contribution is 7.80. The average molecular weight is 292 g/mol. The quantitative estimate of drug-likeness (QED) is 0.877. The molecular weight excluding hydrogens is 278 g/mol. The molecule has 0 spiro atoms. The second kappa shape index (κ2) is 5.96. The van der Waals surface area contributed by atoms with Gasteiger partial charge in [0.05, 0.1) is 5.69 Å². The van der Waals surface area contributed by atoms with Gasteiger partial charge in [-0.2, -0.15) is 0 Å². The van der Waals surface area contributed by atoms with E-state index in [4.69, 9.17) is 18.0 Å². The second-order valence-electron chi connectivity index (χ2n) is 4.51. The Morgan fingerprint density at radius 1 is 1.15 bits per heavy atom. The summed E-state index contributed by atoms with van der Waals surface area (Å²) in [6.45, 7) is 0.476. The number of anilines is 1. The fraction of sp³-hybridized carbons (Fsp3) is 0.133. The minimum Gasteiger partial charge on any atom is -0.389 e.